The Morgan fingerprint density at radius 3 is 2.57 bits per heavy atom. The normalized spacial score (nSPS) is 15.7. The van der Waals surface area contributed by atoms with Gasteiger partial charge < -0.3 is 4.74 Å². The molecule has 2 atom stereocenters. The van der Waals surface area contributed by atoms with Gasteiger partial charge in [-0.05, 0) is 25.0 Å². The fourth-order valence-electron chi connectivity index (χ4n) is 1.32. The summed E-state index contributed by atoms with van der Waals surface area (Å²) in [5.41, 5.74) is 0. The van der Waals surface area contributed by atoms with Crippen molar-refractivity contribution in [3.05, 3.63) is 30.3 Å². The first-order chi connectivity index (χ1) is 7.27. The molecule has 0 spiro atoms. The zero-order valence-electron chi connectivity index (χ0n) is 10.1. The largest absolute Gasteiger partial charge is 0.490 e. The number of hydrogen-bond acceptors (Lipinski definition) is 1. The van der Waals surface area contributed by atoms with Gasteiger partial charge in [-0.3, -0.25) is 0 Å². The van der Waals surface area contributed by atoms with E-state index in [2.05, 4.69) is 13.8 Å². The van der Waals surface area contributed by atoms with Gasteiger partial charge in [0, 0.05) is 1.37 Å². The summed E-state index contributed by atoms with van der Waals surface area (Å²) in [6.07, 6.45) is 2.75. The molecule has 1 nitrogen and oxygen atoms in total. The summed E-state index contributed by atoms with van der Waals surface area (Å²) in [5, 5.41) is 0. The van der Waals surface area contributed by atoms with Crippen molar-refractivity contribution in [3.8, 4) is 5.75 Å². The van der Waals surface area contributed by atoms with Gasteiger partial charge in [0.2, 0.25) is 0 Å². The molecule has 0 bridgehead atoms. The van der Waals surface area contributed by atoms with Gasteiger partial charge in [-0.2, -0.15) is 0 Å². The average molecular weight is 193 g/mol. The lowest BCUT2D eigenvalue weighted by molar-refractivity contribution is 0.183. The topological polar surface area (TPSA) is 9.23 Å². The molecule has 0 aliphatic heterocycles. The van der Waals surface area contributed by atoms with Crippen molar-refractivity contribution in [2.45, 2.75) is 45.6 Å². The van der Waals surface area contributed by atoms with Gasteiger partial charge >= 0.3 is 0 Å². The highest BCUT2D eigenvalue weighted by molar-refractivity contribution is 5.21. The monoisotopic (exact) mass is 193 g/mol. The van der Waals surface area contributed by atoms with Crippen molar-refractivity contribution in [3.63, 3.8) is 0 Å². The summed E-state index contributed by atoms with van der Waals surface area (Å²) in [4.78, 5) is 0. The fourth-order valence-corrected chi connectivity index (χ4v) is 1.32. The standard InChI is InChI=1S/C13H20O/c1-3-5-9-12(4-2)14-13-10-7-6-8-11-13/h6-8,10-12H,3-5,9H2,1-2H3/t12-/m0/s1/i9D/t9-,12+/m1. The van der Waals surface area contributed by atoms with Crippen LogP contribution in [0.4, 0.5) is 0 Å². The number of ether oxygens (including phenoxy) is 1. The van der Waals surface area contributed by atoms with Crippen LogP contribution in [0, 0.1) is 0 Å². The molecule has 1 rings (SSSR count). The maximum atomic E-state index is 7.95. The van der Waals surface area contributed by atoms with E-state index < -0.39 is 0 Å². The highest BCUT2D eigenvalue weighted by Crippen LogP contribution is 2.15. The smallest absolute Gasteiger partial charge is 0.119 e. The SMILES string of the molecule is [2H][C@H](CCC)[C@H](CC)Oc1ccccc1. The fraction of sp³-hybridized carbons (Fsp3) is 0.538. The summed E-state index contributed by atoms with van der Waals surface area (Å²) in [6.45, 7) is 4.18. The minimum atomic E-state index is -0.111. The highest BCUT2D eigenvalue weighted by Gasteiger charge is 2.06. The van der Waals surface area contributed by atoms with Gasteiger partial charge in [-0.25, -0.2) is 0 Å². The van der Waals surface area contributed by atoms with Crippen molar-refractivity contribution < 1.29 is 6.11 Å². The van der Waals surface area contributed by atoms with E-state index in [9.17, 15) is 0 Å². The van der Waals surface area contributed by atoms with Crippen molar-refractivity contribution in [1.82, 2.24) is 0 Å². The predicted molar refractivity (Wildman–Crippen MR) is 60.7 cm³/mol. The molecule has 0 saturated carbocycles. The summed E-state index contributed by atoms with van der Waals surface area (Å²) >= 11 is 0. The third kappa shape index (κ3) is 3.82. The first-order valence-corrected chi connectivity index (χ1v) is 5.41. The van der Waals surface area contributed by atoms with Gasteiger partial charge in [-0.15, -0.1) is 0 Å². The van der Waals surface area contributed by atoms with E-state index in [1.807, 2.05) is 30.3 Å². The van der Waals surface area contributed by atoms with E-state index >= 15 is 0 Å². The molecule has 14 heavy (non-hydrogen) atoms. The zero-order chi connectivity index (χ0) is 11.1. The molecule has 0 saturated heterocycles. The van der Waals surface area contributed by atoms with Crippen LogP contribution in [0.3, 0.4) is 0 Å². The van der Waals surface area contributed by atoms with E-state index in [0.29, 0.717) is 0 Å². The molecule has 1 heteroatoms. The van der Waals surface area contributed by atoms with E-state index in [-0.39, 0.29) is 12.5 Å². The lowest BCUT2D eigenvalue weighted by Crippen LogP contribution is -2.14. The summed E-state index contributed by atoms with van der Waals surface area (Å²) in [7, 11) is 0. The summed E-state index contributed by atoms with van der Waals surface area (Å²) in [6, 6.07) is 9.78. The predicted octanol–water partition coefficient (Wildman–Crippen LogP) is 4.03. The molecule has 0 aromatic heterocycles. The van der Waals surface area contributed by atoms with Crippen LogP contribution in [-0.2, 0) is 0 Å². The van der Waals surface area contributed by atoms with Crippen molar-refractivity contribution in [2.75, 3.05) is 0 Å². The summed E-state index contributed by atoms with van der Waals surface area (Å²) in [5.74, 6) is 0.873. The molecule has 0 N–H and O–H groups in total. The van der Waals surface area contributed by atoms with Crippen LogP contribution in [0.5, 0.6) is 5.75 Å². The first-order valence-electron chi connectivity index (χ1n) is 5.99. The Balaban J connectivity index is 2.53. The molecule has 0 aliphatic rings. The van der Waals surface area contributed by atoms with E-state index in [4.69, 9.17) is 6.11 Å². The van der Waals surface area contributed by atoms with E-state index in [1.165, 1.54) is 0 Å². The molecule has 0 radical (unpaired) electrons. The van der Waals surface area contributed by atoms with Gasteiger partial charge in [-0.1, -0.05) is 44.9 Å². The number of hydrogen-bond donors (Lipinski definition) is 0. The Morgan fingerprint density at radius 2 is 2.00 bits per heavy atom. The molecule has 0 unspecified atom stereocenters. The third-order valence-electron chi connectivity index (χ3n) is 2.15. The number of para-hydroxylation sites is 1. The van der Waals surface area contributed by atoms with Crippen molar-refractivity contribution in [2.24, 2.45) is 0 Å². The molecule has 78 valence electrons. The van der Waals surface area contributed by atoms with Gasteiger partial charge in [0.05, 0.1) is 6.10 Å². The van der Waals surface area contributed by atoms with Crippen LogP contribution in [0.15, 0.2) is 30.3 Å². The van der Waals surface area contributed by atoms with Crippen LogP contribution in [0.1, 0.15) is 40.9 Å². The highest BCUT2D eigenvalue weighted by atomic mass is 16.5. The second kappa shape index (κ2) is 6.47. The van der Waals surface area contributed by atoms with Crippen LogP contribution >= 0.6 is 0 Å². The molecule has 0 heterocycles. The number of rotatable bonds is 6. The molecule has 1 aromatic rings. The van der Waals surface area contributed by atoms with Gasteiger partial charge in [0.1, 0.15) is 5.75 Å². The minimum Gasteiger partial charge on any atom is -0.490 e. The first kappa shape index (κ1) is 9.57. The molecular weight excluding hydrogens is 172 g/mol. The average Bonchev–Trinajstić information content (AvgIpc) is 2.27. The second-order valence-electron chi connectivity index (χ2n) is 3.40. The molecular formula is C13H20O. The minimum absolute atomic E-state index is 0.0207. The van der Waals surface area contributed by atoms with Gasteiger partial charge in [0.15, 0.2) is 0 Å². The Hall–Kier alpha value is -0.980. The Morgan fingerprint density at radius 1 is 1.29 bits per heavy atom. The number of benzene rings is 1. The Bertz CT molecular complexity index is 260. The Kier molecular flexibility index (Phi) is 4.42. The molecule has 1 aromatic carbocycles. The maximum Gasteiger partial charge on any atom is 0.119 e. The van der Waals surface area contributed by atoms with E-state index in [0.717, 1.165) is 25.0 Å². The van der Waals surface area contributed by atoms with Crippen molar-refractivity contribution in [1.29, 1.82) is 0 Å². The van der Waals surface area contributed by atoms with Crippen LogP contribution in [0.2, 0.25) is 0 Å². The maximum absolute atomic E-state index is 7.95. The quantitative estimate of drug-likeness (QED) is 0.662. The third-order valence-corrected chi connectivity index (χ3v) is 2.15. The Labute approximate surface area is 88.5 Å². The lowest BCUT2D eigenvalue weighted by Gasteiger charge is -2.16. The molecule has 0 fully saturated rings. The van der Waals surface area contributed by atoms with E-state index in [1.54, 1.807) is 0 Å². The van der Waals surface area contributed by atoms with Gasteiger partial charge in [0.25, 0.3) is 0 Å². The molecule has 0 amide bonds. The lowest BCUT2D eigenvalue weighted by atomic mass is 10.1. The van der Waals surface area contributed by atoms with Crippen LogP contribution in [-0.4, -0.2) is 6.10 Å². The van der Waals surface area contributed by atoms with Crippen LogP contribution < -0.4 is 4.74 Å². The van der Waals surface area contributed by atoms with Crippen molar-refractivity contribution >= 4 is 0 Å². The second-order valence-corrected chi connectivity index (χ2v) is 3.40. The summed E-state index contributed by atoms with van der Waals surface area (Å²) < 4.78 is 13.7. The molecule has 0 aliphatic carbocycles. The van der Waals surface area contributed by atoms with Crippen LogP contribution in [0.25, 0.3) is 0 Å². The zero-order valence-corrected chi connectivity index (χ0v) is 9.07.